The van der Waals surface area contributed by atoms with Crippen molar-refractivity contribution in [3.8, 4) is 0 Å². The van der Waals surface area contributed by atoms with Crippen molar-refractivity contribution in [2.75, 3.05) is 7.05 Å². The zero-order valence-electron chi connectivity index (χ0n) is 19.7. The summed E-state index contributed by atoms with van der Waals surface area (Å²) in [4.78, 5) is 52.6. The van der Waals surface area contributed by atoms with E-state index in [-0.39, 0.29) is 5.69 Å². The predicted octanol–water partition coefficient (Wildman–Crippen LogP) is 4.02. The molecule has 1 atom stereocenters. The Morgan fingerprint density at radius 2 is 1.92 bits per heavy atom. The van der Waals surface area contributed by atoms with Crippen LogP contribution in [0.2, 0.25) is 0 Å². The number of carbonyl (C=O) groups is 3. The fraction of sp³-hybridized carbons (Fsp3) is 0.231. The molecule has 0 radical (unpaired) electrons. The molecule has 0 bridgehead atoms. The fourth-order valence-corrected chi connectivity index (χ4v) is 4.19. The van der Waals surface area contributed by atoms with Crippen molar-refractivity contribution in [3.63, 3.8) is 0 Å². The third kappa shape index (κ3) is 5.07. The highest BCUT2D eigenvalue weighted by atomic mass is 16.6. The number of hydrogen-bond acceptors (Lipinski definition) is 7. The van der Waals surface area contributed by atoms with Gasteiger partial charge in [-0.2, -0.15) is 0 Å². The Hall–Kier alpha value is -4.60. The van der Waals surface area contributed by atoms with Crippen LogP contribution in [0.25, 0.3) is 22.6 Å². The first-order valence-corrected chi connectivity index (χ1v) is 11.4. The summed E-state index contributed by atoms with van der Waals surface area (Å²) in [5, 5.41) is 16.2. The molecule has 4 rings (SSSR count). The predicted molar refractivity (Wildman–Crippen MR) is 133 cm³/mol. The molecular formula is C26H24N4O6. The Labute approximate surface area is 206 Å². The molecule has 10 nitrogen and oxygen atoms in total. The summed E-state index contributed by atoms with van der Waals surface area (Å²) in [6.45, 7) is 1.39. The summed E-state index contributed by atoms with van der Waals surface area (Å²) in [6, 6.07) is 12.8. The summed E-state index contributed by atoms with van der Waals surface area (Å²) >= 11 is 0. The van der Waals surface area contributed by atoms with Gasteiger partial charge in [-0.3, -0.25) is 20.2 Å². The van der Waals surface area contributed by atoms with Gasteiger partial charge in [0.05, 0.1) is 21.7 Å². The second-order valence-electron chi connectivity index (χ2n) is 8.32. The molecule has 0 spiro atoms. The number of pyridine rings is 1. The lowest BCUT2D eigenvalue weighted by Crippen LogP contribution is -2.43. The van der Waals surface area contributed by atoms with E-state index in [1.807, 2.05) is 12.1 Å². The van der Waals surface area contributed by atoms with E-state index in [0.29, 0.717) is 46.1 Å². The lowest BCUT2D eigenvalue weighted by Gasteiger charge is -2.23. The molecule has 1 aliphatic carbocycles. The molecule has 1 unspecified atom stereocenters. The molecule has 0 aliphatic heterocycles. The van der Waals surface area contributed by atoms with Crippen molar-refractivity contribution in [2.45, 2.75) is 32.3 Å². The van der Waals surface area contributed by atoms with Crippen LogP contribution in [0.3, 0.4) is 0 Å². The number of nitro groups is 1. The van der Waals surface area contributed by atoms with Crippen molar-refractivity contribution >= 4 is 46.1 Å². The van der Waals surface area contributed by atoms with Crippen molar-refractivity contribution in [2.24, 2.45) is 0 Å². The Bertz CT molecular complexity index is 1410. The van der Waals surface area contributed by atoms with Gasteiger partial charge < -0.3 is 10.1 Å². The number of rotatable bonds is 5. The zero-order valence-corrected chi connectivity index (χ0v) is 19.7. The van der Waals surface area contributed by atoms with Gasteiger partial charge in [0.15, 0.2) is 6.10 Å². The highest BCUT2D eigenvalue weighted by Crippen LogP contribution is 2.36. The number of nitrogens with one attached hydrogen (secondary N) is 2. The molecule has 1 aliphatic rings. The number of fused-ring (bicyclic) bond motifs is 2. The van der Waals surface area contributed by atoms with Crippen molar-refractivity contribution in [1.29, 1.82) is 0 Å². The maximum absolute atomic E-state index is 13.4. The average Bonchev–Trinajstić information content (AvgIpc) is 2.87. The molecule has 3 aromatic rings. The van der Waals surface area contributed by atoms with E-state index in [1.165, 1.54) is 26.1 Å². The smallest absolute Gasteiger partial charge is 0.339 e. The van der Waals surface area contributed by atoms with E-state index in [9.17, 15) is 24.5 Å². The molecule has 2 aromatic carbocycles. The van der Waals surface area contributed by atoms with Crippen LogP contribution >= 0.6 is 0 Å². The number of nitrogens with zero attached hydrogens (tertiary/aromatic N) is 2. The molecule has 36 heavy (non-hydrogen) atoms. The van der Waals surface area contributed by atoms with Crippen LogP contribution < -0.4 is 10.6 Å². The van der Waals surface area contributed by atoms with Crippen LogP contribution in [0.15, 0.2) is 48.5 Å². The van der Waals surface area contributed by atoms with Gasteiger partial charge in [-0.05, 0) is 55.0 Å². The van der Waals surface area contributed by atoms with E-state index in [0.717, 1.165) is 12.0 Å². The minimum absolute atomic E-state index is 0.0138. The van der Waals surface area contributed by atoms with Gasteiger partial charge >= 0.3 is 12.0 Å². The first-order valence-electron chi connectivity index (χ1n) is 11.4. The quantitative estimate of drug-likeness (QED) is 0.314. The third-order valence-electron chi connectivity index (χ3n) is 5.91. The van der Waals surface area contributed by atoms with E-state index in [4.69, 9.17) is 9.72 Å². The van der Waals surface area contributed by atoms with Gasteiger partial charge in [0.1, 0.15) is 0 Å². The van der Waals surface area contributed by atoms with Crippen LogP contribution in [0, 0.1) is 10.1 Å². The zero-order chi connectivity index (χ0) is 25.8. The maximum atomic E-state index is 13.4. The fourth-order valence-electron chi connectivity index (χ4n) is 4.19. The second-order valence-corrected chi connectivity index (χ2v) is 8.32. The summed E-state index contributed by atoms with van der Waals surface area (Å²) in [6.07, 6.45) is 2.63. The monoisotopic (exact) mass is 488 g/mol. The highest BCUT2D eigenvalue weighted by Gasteiger charge is 2.28. The number of esters is 1. The number of nitro benzene ring substituents is 1. The summed E-state index contributed by atoms with van der Waals surface area (Å²) in [5.41, 5.74) is 3.71. The first-order chi connectivity index (χ1) is 17.3. The molecule has 0 saturated carbocycles. The largest absolute Gasteiger partial charge is 0.449 e. The number of carbonyl (C=O) groups excluding carboxylic acids is 3. The molecule has 10 heteroatoms. The lowest BCUT2D eigenvalue weighted by atomic mass is 9.86. The lowest BCUT2D eigenvalue weighted by molar-refractivity contribution is -0.384. The number of urea groups is 1. The highest BCUT2D eigenvalue weighted by molar-refractivity contribution is 6.07. The third-order valence-corrected chi connectivity index (χ3v) is 5.91. The Morgan fingerprint density at radius 1 is 1.14 bits per heavy atom. The molecule has 184 valence electrons. The Kier molecular flexibility index (Phi) is 7.05. The van der Waals surface area contributed by atoms with Gasteiger partial charge in [0.2, 0.25) is 0 Å². The topological polar surface area (TPSA) is 141 Å². The van der Waals surface area contributed by atoms with Crippen molar-refractivity contribution in [3.05, 3.63) is 81.0 Å². The number of para-hydroxylation sites is 1. The first kappa shape index (κ1) is 24.5. The van der Waals surface area contributed by atoms with E-state index in [2.05, 4.69) is 10.6 Å². The van der Waals surface area contributed by atoms with Gasteiger partial charge in [-0.25, -0.2) is 14.6 Å². The summed E-state index contributed by atoms with van der Waals surface area (Å²) in [5.74, 6) is -1.44. The number of aromatic nitrogens is 1. The number of non-ortho nitro benzene ring substituents is 1. The normalized spacial score (nSPS) is 14.6. The minimum Gasteiger partial charge on any atom is -0.449 e. The number of amides is 3. The Morgan fingerprint density at radius 3 is 2.67 bits per heavy atom. The molecule has 0 saturated heterocycles. The molecule has 1 heterocycles. The van der Waals surface area contributed by atoms with Gasteiger partial charge in [-0.1, -0.05) is 30.3 Å². The molecule has 0 fully saturated rings. The molecule has 2 N–H and O–H groups in total. The van der Waals surface area contributed by atoms with Crippen LogP contribution in [0.5, 0.6) is 0 Å². The molecule has 3 amide bonds. The van der Waals surface area contributed by atoms with Crippen molar-refractivity contribution < 1.29 is 24.0 Å². The van der Waals surface area contributed by atoms with E-state index in [1.54, 1.807) is 30.3 Å². The van der Waals surface area contributed by atoms with Crippen LogP contribution in [-0.2, 0) is 16.0 Å². The average molecular weight is 489 g/mol. The van der Waals surface area contributed by atoms with Gasteiger partial charge in [-0.15, -0.1) is 0 Å². The van der Waals surface area contributed by atoms with Crippen LogP contribution in [-0.4, -0.2) is 41.0 Å². The van der Waals surface area contributed by atoms with Crippen molar-refractivity contribution in [1.82, 2.24) is 15.6 Å². The summed E-state index contributed by atoms with van der Waals surface area (Å²) in [7, 11) is 1.37. The molecular weight excluding hydrogens is 464 g/mol. The number of hydrogen-bond donors (Lipinski definition) is 2. The number of imide groups is 1. The van der Waals surface area contributed by atoms with Crippen LogP contribution in [0.4, 0.5) is 10.5 Å². The van der Waals surface area contributed by atoms with E-state index < -0.39 is 28.9 Å². The van der Waals surface area contributed by atoms with E-state index >= 15 is 0 Å². The summed E-state index contributed by atoms with van der Waals surface area (Å²) < 4.78 is 5.46. The molecule has 1 aromatic heterocycles. The number of benzene rings is 2. The second kappa shape index (κ2) is 10.3. The minimum atomic E-state index is -1.21. The maximum Gasteiger partial charge on any atom is 0.339 e. The van der Waals surface area contributed by atoms with Gasteiger partial charge in [0, 0.05) is 24.6 Å². The number of allylic oxidation sites excluding steroid dienone is 1. The van der Waals surface area contributed by atoms with Gasteiger partial charge in [0.25, 0.3) is 11.6 Å². The number of ether oxygens (including phenoxy) is 1. The Balaban J connectivity index is 1.77. The SMILES string of the molecule is CNC(=O)NC(=O)C(C)OC(=O)c1c2c(nc3ccccc13)/C(=C/c1cccc([N+](=O)[O-])c1)CCC2. The standard InChI is InChI=1S/C26H24N4O6/c1-15(24(31)29-26(33)27-2)36-25(32)22-19-10-3-4-12-21(19)28-23-17(8-6-11-20(22)23)13-16-7-5-9-18(14-16)30(34)35/h3-5,7,9-10,12-15H,6,8,11H2,1-2H3,(H2,27,29,31,33)/b17-13+. The van der Waals surface area contributed by atoms with Crippen LogP contribution in [0.1, 0.15) is 46.9 Å².